The first-order valence-corrected chi connectivity index (χ1v) is 6.23. The Bertz CT molecular complexity index is 348. The minimum atomic E-state index is 0.665. The molecule has 1 aliphatic heterocycles. The Morgan fingerprint density at radius 1 is 1.38 bits per heavy atom. The van der Waals surface area contributed by atoms with Crippen LogP contribution in [0.5, 0.6) is 5.75 Å². The van der Waals surface area contributed by atoms with Crippen molar-refractivity contribution in [2.24, 2.45) is 5.92 Å². The summed E-state index contributed by atoms with van der Waals surface area (Å²) in [5, 5.41) is 4.07. The number of ether oxygens (including phenoxy) is 1. The van der Waals surface area contributed by atoms with Gasteiger partial charge in [-0.1, -0.05) is 17.7 Å². The molecule has 0 spiro atoms. The van der Waals surface area contributed by atoms with Gasteiger partial charge >= 0.3 is 0 Å². The van der Waals surface area contributed by atoms with Crippen LogP contribution in [0.2, 0.25) is 5.02 Å². The second kappa shape index (κ2) is 5.55. The third-order valence-corrected chi connectivity index (χ3v) is 3.32. The molecule has 88 valence electrons. The van der Waals surface area contributed by atoms with Crippen LogP contribution >= 0.6 is 11.6 Å². The molecule has 0 aliphatic carbocycles. The first-order chi connectivity index (χ1) is 7.75. The van der Waals surface area contributed by atoms with Crippen molar-refractivity contribution in [1.82, 2.24) is 5.32 Å². The summed E-state index contributed by atoms with van der Waals surface area (Å²) in [6, 6.07) is 5.93. The van der Waals surface area contributed by atoms with E-state index in [1.54, 1.807) is 0 Å². The van der Waals surface area contributed by atoms with Gasteiger partial charge in [0.25, 0.3) is 0 Å². The molecule has 1 fully saturated rings. The van der Waals surface area contributed by atoms with Crippen LogP contribution in [-0.2, 0) is 0 Å². The average Bonchev–Trinajstić information content (AvgIpc) is 2.29. The second-order valence-corrected chi connectivity index (χ2v) is 4.85. The molecule has 2 rings (SSSR count). The molecular weight excluding hydrogens is 222 g/mol. The highest BCUT2D eigenvalue weighted by atomic mass is 35.5. The van der Waals surface area contributed by atoms with Gasteiger partial charge in [0.2, 0.25) is 0 Å². The van der Waals surface area contributed by atoms with E-state index >= 15 is 0 Å². The summed E-state index contributed by atoms with van der Waals surface area (Å²) in [5.74, 6) is 1.48. The molecule has 0 bridgehead atoms. The third kappa shape index (κ3) is 3.13. The number of hydrogen-bond donors (Lipinski definition) is 1. The molecule has 1 heterocycles. The van der Waals surface area contributed by atoms with Crippen LogP contribution in [-0.4, -0.2) is 19.7 Å². The van der Waals surface area contributed by atoms with E-state index in [0.29, 0.717) is 10.9 Å². The molecule has 0 aromatic heterocycles. The standard InChI is InChI=1S/C13H18ClNO/c1-10-2-3-13(12(14)8-10)16-9-11-4-6-15-7-5-11/h2-3,8,11,15H,4-7,9H2,1H3. The zero-order valence-electron chi connectivity index (χ0n) is 9.63. The maximum absolute atomic E-state index is 6.11. The van der Waals surface area contributed by atoms with Crippen LogP contribution in [0.1, 0.15) is 18.4 Å². The zero-order valence-corrected chi connectivity index (χ0v) is 10.4. The van der Waals surface area contributed by atoms with Crippen LogP contribution in [0.25, 0.3) is 0 Å². The molecule has 1 saturated heterocycles. The topological polar surface area (TPSA) is 21.3 Å². The smallest absolute Gasteiger partial charge is 0.137 e. The highest BCUT2D eigenvalue weighted by Gasteiger charge is 2.14. The normalized spacial score (nSPS) is 17.4. The van der Waals surface area contributed by atoms with Crippen molar-refractivity contribution in [3.8, 4) is 5.75 Å². The summed E-state index contributed by atoms with van der Waals surface area (Å²) in [5.41, 5.74) is 1.17. The molecule has 2 nitrogen and oxygen atoms in total. The fourth-order valence-corrected chi connectivity index (χ4v) is 2.27. The van der Waals surface area contributed by atoms with Crippen molar-refractivity contribution < 1.29 is 4.74 Å². The van der Waals surface area contributed by atoms with Gasteiger partial charge < -0.3 is 10.1 Å². The van der Waals surface area contributed by atoms with Gasteiger partial charge in [-0.15, -0.1) is 0 Å². The fourth-order valence-electron chi connectivity index (χ4n) is 1.98. The highest BCUT2D eigenvalue weighted by Crippen LogP contribution is 2.26. The molecule has 0 unspecified atom stereocenters. The summed E-state index contributed by atoms with van der Waals surface area (Å²) in [6.45, 7) is 5.03. The zero-order chi connectivity index (χ0) is 11.4. The lowest BCUT2D eigenvalue weighted by Crippen LogP contribution is -2.30. The van der Waals surface area contributed by atoms with Crippen LogP contribution in [0.15, 0.2) is 18.2 Å². The molecule has 3 heteroatoms. The second-order valence-electron chi connectivity index (χ2n) is 4.44. The lowest BCUT2D eigenvalue weighted by atomic mass is 9.99. The molecule has 1 aliphatic rings. The predicted molar refractivity (Wildman–Crippen MR) is 67.3 cm³/mol. The van der Waals surface area contributed by atoms with E-state index in [2.05, 4.69) is 5.32 Å². The van der Waals surface area contributed by atoms with Gasteiger partial charge in [0, 0.05) is 0 Å². The summed E-state index contributed by atoms with van der Waals surface area (Å²) < 4.78 is 5.77. The first-order valence-electron chi connectivity index (χ1n) is 5.85. The number of hydrogen-bond acceptors (Lipinski definition) is 2. The van der Waals surface area contributed by atoms with E-state index in [4.69, 9.17) is 16.3 Å². The van der Waals surface area contributed by atoms with Gasteiger partial charge in [0.05, 0.1) is 11.6 Å². The Balaban J connectivity index is 1.88. The van der Waals surface area contributed by atoms with Crippen molar-refractivity contribution in [3.63, 3.8) is 0 Å². The molecule has 0 amide bonds. The van der Waals surface area contributed by atoms with Gasteiger partial charge in [-0.05, 0) is 56.5 Å². The maximum Gasteiger partial charge on any atom is 0.137 e. The number of piperidine rings is 1. The monoisotopic (exact) mass is 239 g/mol. The van der Waals surface area contributed by atoms with Crippen LogP contribution in [0.4, 0.5) is 0 Å². The molecule has 0 atom stereocenters. The van der Waals surface area contributed by atoms with Gasteiger partial charge in [0.1, 0.15) is 5.75 Å². The molecule has 1 aromatic rings. The molecule has 0 radical (unpaired) electrons. The van der Waals surface area contributed by atoms with Crippen LogP contribution in [0.3, 0.4) is 0 Å². The van der Waals surface area contributed by atoms with E-state index < -0.39 is 0 Å². The Morgan fingerprint density at radius 2 is 2.12 bits per heavy atom. The number of benzene rings is 1. The Morgan fingerprint density at radius 3 is 2.81 bits per heavy atom. The molecule has 1 aromatic carbocycles. The summed E-state index contributed by atoms with van der Waals surface area (Å²) in [6.07, 6.45) is 2.40. The van der Waals surface area contributed by atoms with Gasteiger partial charge in [-0.25, -0.2) is 0 Å². The highest BCUT2D eigenvalue weighted by molar-refractivity contribution is 6.32. The van der Waals surface area contributed by atoms with Crippen molar-refractivity contribution in [3.05, 3.63) is 28.8 Å². The van der Waals surface area contributed by atoms with Gasteiger partial charge in [-0.3, -0.25) is 0 Å². The number of rotatable bonds is 3. The quantitative estimate of drug-likeness (QED) is 0.876. The SMILES string of the molecule is Cc1ccc(OCC2CCNCC2)c(Cl)c1. The number of nitrogens with one attached hydrogen (secondary N) is 1. The van der Waals surface area contributed by atoms with E-state index in [1.807, 2.05) is 25.1 Å². The van der Waals surface area contributed by atoms with Gasteiger partial charge in [0.15, 0.2) is 0 Å². The molecule has 16 heavy (non-hydrogen) atoms. The van der Waals surface area contributed by atoms with E-state index in [9.17, 15) is 0 Å². The van der Waals surface area contributed by atoms with E-state index in [0.717, 1.165) is 25.4 Å². The maximum atomic E-state index is 6.11. The Kier molecular flexibility index (Phi) is 4.08. The first kappa shape index (κ1) is 11.7. The van der Waals surface area contributed by atoms with Crippen molar-refractivity contribution >= 4 is 11.6 Å². The lowest BCUT2D eigenvalue weighted by molar-refractivity contribution is 0.215. The summed E-state index contributed by atoms with van der Waals surface area (Å²) >= 11 is 6.11. The van der Waals surface area contributed by atoms with Crippen molar-refractivity contribution in [1.29, 1.82) is 0 Å². The Hall–Kier alpha value is -0.730. The number of aryl methyl sites for hydroxylation is 1. The van der Waals surface area contributed by atoms with Crippen molar-refractivity contribution in [2.45, 2.75) is 19.8 Å². The molecule has 1 N–H and O–H groups in total. The average molecular weight is 240 g/mol. The van der Waals surface area contributed by atoms with Crippen LogP contribution in [0, 0.1) is 12.8 Å². The van der Waals surface area contributed by atoms with Gasteiger partial charge in [-0.2, -0.15) is 0 Å². The molecule has 0 saturated carbocycles. The van der Waals surface area contributed by atoms with Crippen LogP contribution < -0.4 is 10.1 Å². The largest absolute Gasteiger partial charge is 0.492 e. The minimum Gasteiger partial charge on any atom is -0.492 e. The third-order valence-electron chi connectivity index (χ3n) is 3.02. The minimum absolute atomic E-state index is 0.665. The van der Waals surface area contributed by atoms with E-state index in [1.165, 1.54) is 18.4 Å². The summed E-state index contributed by atoms with van der Waals surface area (Å²) in [4.78, 5) is 0. The lowest BCUT2D eigenvalue weighted by Gasteiger charge is -2.22. The van der Waals surface area contributed by atoms with Crippen molar-refractivity contribution in [2.75, 3.05) is 19.7 Å². The summed E-state index contributed by atoms with van der Waals surface area (Å²) in [7, 11) is 0. The molecular formula is C13H18ClNO. The predicted octanol–water partition coefficient (Wildman–Crippen LogP) is 3.03. The fraction of sp³-hybridized carbons (Fsp3) is 0.538. The Labute approximate surface area is 102 Å². The van der Waals surface area contributed by atoms with E-state index in [-0.39, 0.29) is 0 Å². The number of halogens is 1.